The van der Waals surface area contributed by atoms with Crippen molar-refractivity contribution in [1.82, 2.24) is 25.0 Å². The first kappa shape index (κ1) is 19.6. The highest BCUT2D eigenvalue weighted by Crippen LogP contribution is 2.28. The van der Waals surface area contributed by atoms with Gasteiger partial charge in [-0.2, -0.15) is 0 Å². The average Bonchev–Trinajstić information content (AvgIpc) is 3.18. The first-order chi connectivity index (χ1) is 14.7. The third-order valence-electron chi connectivity index (χ3n) is 6.79. The number of likely N-dealkylation sites (N-methyl/N-ethyl adjacent to an activating group) is 1. The number of fused-ring (bicyclic) bond motifs is 4. The van der Waals surface area contributed by atoms with Gasteiger partial charge < -0.3 is 19.5 Å². The number of hydrogen-bond acceptors (Lipinski definition) is 6. The molecule has 6 rings (SSSR count). The van der Waals surface area contributed by atoms with Gasteiger partial charge in [-0.05, 0) is 45.0 Å². The van der Waals surface area contributed by atoms with E-state index in [1.54, 1.807) is 12.5 Å². The summed E-state index contributed by atoms with van der Waals surface area (Å²) in [6.07, 6.45) is 5.64. The molecule has 30 heavy (non-hydrogen) atoms. The molecule has 0 unspecified atom stereocenters. The van der Waals surface area contributed by atoms with E-state index in [1.165, 1.54) is 12.8 Å². The molecule has 6 heterocycles. The molecule has 4 aliphatic heterocycles. The van der Waals surface area contributed by atoms with E-state index in [4.69, 9.17) is 4.42 Å². The molecule has 2 aromatic rings. The second-order valence-electron chi connectivity index (χ2n) is 8.81. The average molecular weight is 408 g/mol. The smallest absolute Gasteiger partial charge is 0.270 e. The number of piperazine rings is 1. The zero-order valence-corrected chi connectivity index (χ0v) is 17.6. The van der Waals surface area contributed by atoms with Gasteiger partial charge in [0, 0.05) is 44.2 Å². The van der Waals surface area contributed by atoms with E-state index in [1.807, 2.05) is 6.07 Å². The third-order valence-corrected chi connectivity index (χ3v) is 6.79. The Balaban J connectivity index is 1.27. The second kappa shape index (κ2) is 8.38. The van der Waals surface area contributed by atoms with Crippen LogP contribution in [0.4, 0.5) is 0 Å². The summed E-state index contributed by atoms with van der Waals surface area (Å²) in [4.78, 5) is 24.3. The van der Waals surface area contributed by atoms with Crippen molar-refractivity contribution in [3.05, 3.63) is 29.8 Å². The summed E-state index contributed by atoms with van der Waals surface area (Å²) in [7, 11) is 2.15. The molecule has 7 heteroatoms. The number of piperidine rings is 3. The van der Waals surface area contributed by atoms with Gasteiger partial charge in [0.15, 0.2) is 5.58 Å². The van der Waals surface area contributed by atoms with Gasteiger partial charge in [0.1, 0.15) is 12.0 Å². The zero-order chi connectivity index (χ0) is 20.5. The zero-order valence-electron chi connectivity index (χ0n) is 17.6. The minimum Gasteiger partial charge on any atom is -0.461 e. The van der Waals surface area contributed by atoms with Crippen LogP contribution in [0.3, 0.4) is 0 Å². The Bertz CT molecular complexity index is 974. The predicted octanol–water partition coefficient (Wildman–Crippen LogP) is 1.25. The minimum atomic E-state index is -0.104. The van der Waals surface area contributed by atoms with Crippen LogP contribution in [0, 0.1) is 17.8 Å². The number of rotatable bonds is 3. The molecule has 0 spiro atoms. The minimum absolute atomic E-state index is 0.104. The van der Waals surface area contributed by atoms with Gasteiger partial charge in [-0.25, -0.2) is 4.98 Å². The van der Waals surface area contributed by atoms with Gasteiger partial charge >= 0.3 is 0 Å². The van der Waals surface area contributed by atoms with Crippen molar-refractivity contribution in [2.75, 3.05) is 59.4 Å². The van der Waals surface area contributed by atoms with Crippen molar-refractivity contribution < 1.29 is 9.21 Å². The Labute approximate surface area is 177 Å². The number of pyridine rings is 1. The second-order valence-corrected chi connectivity index (χ2v) is 8.81. The van der Waals surface area contributed by atoms with Crippen molar-refractivity contribution >= 4 is 16.9 Å². The molecule has 0 aliphatic carbocycles. The fraction of sp³-hybridized carbons (Fsp3) is 0.565. The van der Waals surface area contributed by atoms with Crippen LogP contribution in [-0.2, 0) is 0 Å². The maximum Gasteiger partial charge on any atom is 0.270 e. The van der Waals surface area contributed by atoms with Crippen LogP contribution in [-0.4, -0.2) is 91.0 Å². The molecule has 0 aromatic carbocycles. The molecule has 0 radical (unpaired) electrons. The largest absolute Gasteiger partial charge is 0.461 e. The number of amides is 1. The van der Waals surface area contributed by atoms with Gasteiger partial charge in [0.25, 0.3) is 5.91 Å². The topological polar surface area (TPSA) is 64.9 Å². The van der Waals surface area contributed by atoms with E-state index in [0.717, 1.165) is 63.3 Å². The first-order valence-electron chi connectivity index (χ1n) is 11.0. The summed E-state index contributed by atoms with van der Waals surface area (Å²) in [5, 5.41) is 4.07. The summed E-state index contributed by atoms with van der Waals surface area (Å²) in [6, 6.07) is 2.04. The number of carbonyl (C=O) groups is 1. The van der Waals surface area contributed by atoms with Crippen LogP contribution in [0.25, 0.3) is 11.0 Å². The van der Waals surface area contributed by atoms with Crippen LogP contribution in [0.2, 0.25) is 0 Å². The van der Waals surface area contributed by atoms with Gasteiger partial charge in [0.2, 0.25) is 0 Å². The summed E-state index contributed by atoms with van der Waals surface area (Å²) in [5.74, 6) is 6.99. The van der Waals surface area contributed by atoms with Gasteiger partial charge in [-0.3, -0.25) is 9.69 Å². The molecule has 2 bridgehead atoms. The van der Waals surface area contributed by atoms with Crippen molar-refractivity contribution in [3.63, 3.8) is 0 Å². The summed E-state index contributed by atoms with van der Waals surface area (Å²) in [6.45, 7) is 8.28. The first-order valence-corrected chi connectivity index (χ1v) is 11.0. The number of carbonyl (C=O) groups excluding carboxylic acids is 1. The van der Waals surface area contributed by atoms with E-state index in [2.05, 4.69) is 43.9 Å². The lowest BCUT2D eigenvalue weighted by atomic mass is 9.84. The van der Waals surface area contributed by atoms with Crippen LogP contribution >= 0.6 is 0 Å². The standard InChI is InChI=1S/C23H29N5O2/c1-26-9-11-27(12-10-26)6-2-3-18-16-30-22-14-24-20(13-19(18)22)23(29)25-21-15-28-7-4-17(21)5-8-28/h13-14,16-17,21H,4-12,15H2,1H3,(H,25,29)/t21-/m0/s1. The fourth-order valence-corrected chi connectivity index (χ4v) is 4.78. The molecule has 2 aromatic heterocycles. The van der Waals surface area contributed by atoms with Gasteiger partial charge in [0.05, 0.1) is 18.3 Å². The molecule has 1 atom stereocenters. The van der Waals surface area contributed by atoms with Crippen LogP contribution in [0.15, 0.2) is 22.9 Å². The summed E-state index contributed by atoms with van der Waals surface area (Å²) < 4.78 is 5.61. The lowest BCUT2D eigenvalue weighted by molar-refractivity contribution is 0.0618. The van der Waals surface area contributed by atoms with E-state index in [9.17, 15) is 4.79 Å². The Morgan fingerprint density at radius 3 is 2.77 bits per heavy atom. The number of hydrogen-bond donors (Lipinski definition) is 1. The molecule has 4 saturated heterocycles. The Morgan fingerprint density at radius 2 is 2.03 bits per heavy atom. The molecule has 0 saturated carbocycles. The quantitative estimate of drug-likeness (QED) is 0.773. The van der Waals surface area contributed by atoms with E-state index < -0.39 is 0 Å². The van der Waals surface area contributed by atoms with Gasteiger partial charge in [-0.1, -0.05) is 11.8 Å². The Kier molecular flexibility index (Phi) is 5.47. The molecule has 4 aliphatic rings. The Hall–Kier alpha value is -2.40. The maximum absolute atomic E-state index is 12.8. The molecule has 7 nitrogen and oxygen atoms in total. The van der Waals surface area contributed by atoms with Crippen LogP contribution in [0.5, 0.6) is 0 Å². The van der Waals surface area contributed by atoms with Crippen molar-refractivity contribution in [1.29, 1.82) is 0 Å². The summed E-state index contributed by atoms with van der Waals surface area (Å²) in [5.41, 5.74) is 1.92. The molecule has 1 amide bonds. The molecule has 158 valence electrons. The van der Waals surface area contributed by atoms with Crippen molar-refractivity contribution in [2.45, 2.75) is 18.9 Å². The van der Waals surface area contributed by atoms with Crippen molar-refractivity contribution in [2.24, 2.45) is 5.92 Å². The fourth-order valence-electron chi connectivity index (χ4n) is 4.78. The third kappa shape index (κ3) is 4.08. The highest BCUT2D eigenvalue weighted by atomic mass is 16.3. The number of furan rings is 1. The Morgan fingerprint density at radius 1 is 1.23 bits per heavy atom. The lowest BCUT2D eigenvalue weighted by Crippen LogP contribution is -2.57. The number of nitrogens with one attached hydrogen (secondary N) is 1. The van der Waals surface area contributed by atoms with E-state index in [0.29, 0.717) is 17.2 Å². The van der Waals surface area contributed by atoms with E-state index >= 15 is 0 Å². The maximum atomic E-state index is 12.8. The molecular formula is C23H29N5O2. The highest BCUT2D eigenvalue weighted by Gasteiger charge is 2.35. The number of nitrogens with zero attached hydrogens (tertiary/aromatic N) is 4. The summed E-state index contributed by atoms with van der Waals surface area (Å²) >= 11 is 0. The van der Waals surface area contributed by atoms with Crippen molar-refractivity contribution in [3.8, 4) is 11.8 Å². The lowest BCUT2D eigenvalue weighted by Gasteiger charge is -2.44. The molecule has 1 N–H and O–H groups in total. The number of aromatic nitrogens is 1. The monoisotopic (exact) mass is 407 g/mol. The predicted molar refractivity (Wildman–Crippen MR) is 115 cm³/mol. The van der Waals surface area contributed by atoms with Crippen LogP contribution < -0.4 is 5.32 Å². The SMILES string of the molecule is CN1CCN(CC#Cc2coc3cnc(C(=O)N[C@H]4CN5CCC4CC5)cc23)CC1. The van der Waals surface area contributed by atoms with Crippen LogP contribution in [0.1, 0.15) is 28.9 Å². The highest BCUT2D eigenvalue weighted by molar-refractivity contribution is 5.97. The van der Waals surface area contributed by atoms with E-state index in [-0.39, 0.29) is 11.9 Å². The van der Waals surface area contributed by atoms with Gasteiger partial charge in [-0.15, -0.1) is 0 Å². The normalized spacial score (nSPS) is 27.0. The molecular weight excluding hydrogens is 378 g/mol. The molecule has 4 fully saturated rings.